The second-order valence-corrected chi connectivity index (χ2v) is 4.26. The van der Waals surface area contributed by atoms with E-state index in [-0.39, 0.29) is 11.6 Å². The Morgan fingerprint density at radius 1 is 1.50 bits per heavy atom. The van der Waals surface area contributed by atoms with E-state index in [9.17, 15) is 5.11 Å². The highest BCUT2D eigenvalue weighted by Crippen LogP contribution is 2.19. The van der Waals surface area contributed by atoms with E-state index < -0.39 is 6.23 Å². The third kappa shape index (κ3) is 2.44. The summed E-state index contributed by atoms with van der Waals surface area (Å²) in [5, 5.41) is 16.0. The minimum absolute atomic E-state index is 0.0744. The maximum Gasteiger partial charge on any atom is 0.120 e. The number of aliphatic hydroxyl groups excluding tert-OH is 1. The molecule has 3 N–H and O–H groups in total. The van der Waals surface area contributed by atoms with Crippen molar-refractivity contribution in [2.45, 2.75) is 50.9 Å². The molecular formula is C9H20N2O. The molecule has 0 aromatic rings. The van der Waals surface area contributed by atoms with Crippen LogP contribution >= 0.6 is 0 Å². The molecule has 2 unspecified atom stereocenters. The first kappa shape index (κ1) is 9.96. The predicted molar refractivity (Wildman–Crippen MR) is 49.9 cm³/mol. The van der Waals surface area contributed by atoms with Gasteiger partial charge in [0.1, 0.15) is 6.23 Å². The molecule has 3 heteroatoms. The van der Waals surface area contributed by atoms with Crippen LogP contribution < -0.4 is 10.6 Å². The van der Waals surface area contributed by atoms with Crippen LogP contribution in [0.15, 0.2) is 0 Å². The van der Waals surface area contributed by atoms with Crippen LogP contribution in [0.4, 0.5) is 0 Å². The van der Waals surface area contributed by atoms with Gasteiger partial charge in [0.05, 0.1) is 0 Å². The topological polar surface area (TPSA) is 44.3 Å². The van der Waals surface area contributed by atoms with Crippen molar-refractivity contribution in [1.29, 1.82) is 0 Å². The molecule has 1 aliphatic rings. The average molecular weight is 172 g/mol. The lowest BCUT2D eigenvalue weighted by atomic mass is 9.99. The second-order valence-electron chi connectivity index (χ2n) is 4.26. The lowest BCUT2D eigenvalue weighted by molar-refractivity contribution is 0.0764. The Morgan fingerprint density at radius 3 is 2.75 bits per heavy atom. The van der Waals surface area contributed by atoms with E-state index >= 15 is 0 Å². The molecule has 1 fully saturated rings. The highest BCUT2D eigenvalue weighted by molar-refractivity contribution is 4.87. The molecule has 1 rings (SSSR count). The molecule has 0 aromatic carbocycles. The normalized spacial score (nSPS) is 36.0. The second kappa shape index (κ2) is 3.73. The lowest BCUT2D eigenvalue weighted by Crippen LogP contribution is -2.52. The number of likely N-dealkylation sites (N-methyl/N-ethyl adjacent to an activating group) is 1. The summed E-state index contributed by atoms with van der Waals surface area (Å²) >= 11 is 0. The van der Waals surface area contributed by atoms with Crippen molar-refractivity contribution in [3.05, 3.63) is 0 Å². The fourth-order valence-electron chi connectivity index (χ4n) is 1.80. The number of hydrogen-bond donors (Lipinski definition) is 3. The molecule has 0 radical (unpaired) electrons. The van der Waals surface area contributed by atoms with Crippen molar-refractivity contribution >= 4 is 0 Å². The minimum Gasteiger partial charge on any atom is -0.377 e. The molecule has 0 spiro atoms. The van der Waals surface area contributed by atoms with Crippen molar-refractivity contribution in [2.75, 3.05) is 7.05 Å². The first-order chi connectivity index (χ1) is 5.55. The van der Waals surface area contributed by atoms with Crippen LogP contribution in [0.25, 0.3) is 0 Å². The van der Waals surface area contributed by atoms with Gasteiger partial charge in [-0.3, -0.25) is 5.32 Å². The minimum atomic E-state index is -0.410. The van der Waals surface area contributed by atoms with Crippen molar-refractivity contribution < 1.29 is 5.11 Å². The van der Waals surface area contributed by atoms with Crippen LogP contribution in [0.1, 0.15) is 33.1 Å². The van der Waals surface area contributed by atoms with Gasteiger partial charge in [0.25, 0.3) is 0 Å². The Labute approximate surface area is 74.5 Å². The van der Waals surface area contributed by atoms with Gasteiger partial charge in [-0.1, -0.05) is 0 Å². The van der Waals surface area contributed by atoms with E-state index in [1.165, 1.54) is 6.42 Å². The molecule has 3 nitrogen and oxygen atoms in total. The van der Waals surface area contributed by atoms with Crippen LogP contribution in [0.2, 0.25) is 0 Å². The van der Waals surface area contributed by atoms with Crippen LogP contribution in [0, 0.1) is 0 Å². The van der Waals surface area contributed by atoms with E-state index in [1.54, 1.807) is 0 Å². The van der Waals surface area contributed by atoms with Gasteiger partial charge >= 0.3 is 0 Å². The Kier molecular flexibility index (Phi) is 3.09. The van der Waals surface area contributed by atoms with Crippen LogP contribution in [0.5, 0.6) is 0 Å². The molecule has 0 bridgehead atoms. The molecular weight excluding hydrogens is 152 g/mol. The summed E-state index contributed by atoms with van der Waals surface area (Å²) in [4.78, 5) is 0. The molecule has 1 saturated heterocycles. The van der Waals surface area contributed by atoms with Crippen molar-refractivity contribution in [3.63, 3.8) is 0 Å². The standard InChI is InChI=1S/C9H20N2O/c1-9(2)6-4-5-7(10-3)8(12)11-9/h7-8,10-12H,4-6H2,1-3H3. The van der Waals surface area contributed by atoms with Crippen molar-refractivity contribution in [1.82, 2.24) is 10.6 Å². The molecule has 1 aliphatic heterocycles. The number of hydrogen-bond acceptors (Lipinski definition) is 3. The van der Waals surface area contributed by atoms with E-state index in [2.05, 4.69) is 24.5 Å². The Hall–Kier alpha value is -0.120. The molecule has 0 aliphatic carbocycles. The average Bonchev–Trinajstić information content (AvgIpc) is 2.07. The van der Waals surface area contributed by atoms with Gasteiger partial charge in [-0.25, -0.2) is 0 Å². The van der Waals surface area contributed by atoms with E-state index in [1.807, 2.05) is 7.05 Å². The van der Waals surface area contributed by atoms with Gasteiger partial charge < -0.3 is 10.4 Å². The van der Waals surface area contributed by atoms with Crippen molar-refractivity contribution in [3.8, 4) is 0 Å². The summed E-state index contributed by atoms with van der Waals surface area (Å²) in [6, 6.07) is 0.201. The number of aliphatic hydroxyl groups is 1. The maximum absolute atomic E-state index is 9.71. The SMILES string of the molecule is CNC1CCCC(C)(C)NC1O. The molecule has 0 amide bonds. The van der Waals surface area contributed by atoms with Crippen LogP contribution in [-0.2, 0) is 0 Å². The molecule has 0 aromatic heterocycles. The highest BCUT2D eigenvalue weighted by Gasteiger charge is 2.28. The first-order valence-corrected chi connectivity index (χ1v) is 4.68. The molecule has 72 valence electrons. The van der Waals surface area contributed by atoms with E-state index in [0.29, 0.717) is 0 Å². The van der Waals surface area contributed by atoms with Gasteiger partial charge in [-0.05, 0) is 40.2 Å². The van der Waals surface area contributed by atoms with Crippen molar-refractivity contribution in [2.24, 2.45) is 0 Å². The van der Waals surface area contributed by atoms with E-state index in [4.69, 9.17) is 0 Å². The van der Waals surface area contributed by atoms with Crippen LogP contribution in [0.3, 0.4) is 0 Å². The van der Waals surface area contributed by atoms with Gasteiger partial charge in [-0.2, -0.15) is 0 Å². The Bertz CT molecular complexity index is 147. The third-order valence-corrected chi connectivity index (χ3v) is 2.61. The molecule has 0 saturated carbocycles. The monoisotopic (exact) mass is 172 g/mol. The zero-order chi connectivity index (χ0) is 9.19. The number of nitrogens with one attached hydrogen (secondary N) is 2. The fourth-order valence-corrected chi connectivity index (χ4v) is 1.80. The van der Waals surface area contributed by atoms with Gasteiger partial charge in [0.2, 0.25) is 0 Å². The summed E-state index contributed by atoms with van der Waals surface area (Å²) in [5.41, 5.74) is 0.0744. The Morgan fingerprint density at radius 2 is 2.17 bits per heavy atom. The fraction of sp³-hybridized carbons (Fsp3) is 1.00. The lowest BCUT2D eigenvalue weighted by Gasteiger charge is -2.28. The summed E-state index contributed by atoms with van der Waals surface area (Å²) in [6.45, 7) is 4.27. The predicted octanol–water partition coefficient (Wildman–Crippen LogP) is 0.445. The number of rotatable bonds is 1. The summed E-state index contributed by atoms with van der Waals surface area (Å²) < 4.78 is 0. The van der Waals surface area contributed by atoms with Gasteiger partial charge in [0.15, 0.2) is 0 Å². The van der Waals surface area contributed by atoms with Gasteiger partial charge in [-0.15, -0.1) is 0 Å². The quantitative estimate of drug-likeness (QED) is 0.538. The highest BCUT2D eigenvalue weighted by atomic mass is 16.3. The summed E-state index contributed by atoms with van der Waals surface area (Å²) in [7, 11) is 1.90. The van der Waals surface area contributed by atoms with Crippen LogP contribution in [-0.4, -0.2) is 30.0 Å². The molecule has 12 heavy (non-hydrogen) atoms. The van der Waals surface area contributed by atoms with E-state index in [0.717, 1.165) is 12.8 Å². The zero-order valence-corrected chi connectivity index (χ0v) is 8.22. The maximum atomic E-state index is 9.71. The zero-order valence-electron chi connectivity index (χ0n) is 8.22. The third-order valence-electron chi connectivity index (χ3n) is 2.61. The largest absolute Gasteiger partial charge is 0.377 e. The van der Waals surface area contributed by atoms with Gasteiger partial charge in [0, 0.05) is 11.6 Å². The Balaban J connectivity index is 2.56. The smallest absolute Gasteiger partial charge is 0.120 e. The molecule has 1 heterocycles. The first-order valence-electron chi connectivity index (χ1n) is 4.68. The summed E-state index contributed by atoms with van der Waals surface area (Å²) in [5.74, 6) is 0. The summed E-state index contributed by atoms with van der Waals surface area (Å²) in [6.07, 6.45) is 2.94. The molecule has 2 atom stereocenters.